The molecule has 2 unspecified atom stereocenters. The zero-order valence-corrected chi connectivity index (χ0v) is 11.4. The van der Waals surface area contributed by atoms with Crippen LogP contribution in [0.5, 0.6) is 0 Å². The van der Waals surface area contributed by atoms with Crippen LogP contribution < -0.4 is 0 Å². The van der Waals surface area contributed by atoms with E-state index in [4.69, 9.17) is 4.74 Å². The van der Waals surface area contributed by atoms with Crippen LogP contribution in [-0.2, 0) is 14.8 Å². The van der Waals surface area contributed by atoms with Crippen molar-refractivity contribution in [2.24, 2.45) is 0 Å². The molecule has 0 spiro atoms. The Bertz CT molecular complexity index is 528. The fraction of sp³-hybridized carbons (Fsp3) is 0.455. The van der Waals surface area contributed by atoms with Gasteiger partial charge in [0.25, 0.3) is 0 Å². The molecule has 2 atom stereocenters. The number of benzene rings is 1. The van der Waals surface area contributed by atoms with Gasteiger partial charge in [0.2, 0.25) is 10.0 Å². The molecular formula is C11H12BrNO3S. The van der Waals surface area contributed by atoms with E-state index < -0.39 is 10.0 Å². The van der Waals surface area contributed by atoms with Crippen molar-refractivity contribution in [3.63, 3.8) is 0 Å². The molecular weight excluding hydrogens is 306 g/mol. The van der Waals surface area contributed by atoms with Gasteiger partial charge in [0.05, 0.1) is 23.6 Å². The molecule has 2 heterocycles. The molecule has 0 radical (unpaired) electrons. The number of sulfonamides is 1. The topological polar surface area (TPSA) is 46.6 Å². The van der Waals surface area contributed by atoms with Crippen molar-refractivity contribution in [3.8, 4) is 0 Å². The van der Waals surface area contributed by atoms with Gasteiger partial charge >= 0.3 is 0 Å². The Hall–Kier alpha value is -0.430. The summed E-state index contributed by atoms with van der Waals surface area (Å²) in [6.07, 6.45) is 0.917. The van der Waals surface area contributed by atoms with E-state index in [0.29, 0.717) is 18.0 Å². The van der Waals surface area contributed by atoms with Crippen molar-refractivity contribution in [2.45, 2.75) is 23.5 Å². The summed E-state index contributed by atoms with van der Waals surface area (Å²) in [5.41, 5.74) is 0. The minimum Gasteiger partial charge on any atom is -0.375 e. The number of morpholine rings is 1. The Morgan fingerprint density at radius 1 is 1.29 bits per heavy atom. The molecule has 1 aromatic rings. The Morgan fingerprint density at radius 3 is 2.53 bits per heavy atom. The molecule has 2 saturated heterocycles. The predicted octanol–water partition coefficient (Wildman–Crippen LogP) is 1.61. The first-order valence-corrected chi connectivity index (χ1v) is 7.70. The molecule has 4 nitrogen and oxygen atoms in total. The average Bonchev–Trinajstić information content (AvgIpc) is 2.91. The Labute approximate surface area is 109 Å². The quantitative estimate of drug-likeness (QED) is 0.832. The lowest BCUT2D eigenvalue weighted by Crippen LogP contribution is -2.41. The molecule has 1 aromatic carbocycles. The number of rotatable bonds is 2. The summed E-state index contributed by atoms with van der Waals surface area (Å²) in [5, 5.41) is 0. The van der Waals surface area contributed by atoms with Crippen LogP contribution in [0.25, 0.3) is 0 Å². The van der Waals surface area contributed by atoms with E-state index in [0.717, 1.165) is 10.9 Å². The average molecular weight is 318 g/mol. The summed E-state index contributed by atoms with van der Waals surface area (Å²) >= 11 is 3.30. The lowest BCUT2D eigenvalue weighted by Gasteiger charge is -2.26. The van der Waals surface area contributed by atoms with E-state index in [1.54, 1.807) is 28.6 Å². The van der Waals surface area contributed by atoms with Crippen molar-refractivity contribution in [3.05, 3.63) is 28.7 Å². The summed E-state index contributed by atoms with van der Waals surface area (Å²) in [5.74, 6) is 0. The minimum atomic E-state index is -3.35. The van der Waals surface area contributed by atoms with Crippen molar-refractivity contribution in [2.75, 3.05) is 13.2 Å². The summed E-state index contributed by atoms with van der Waals surface area (Å²) in [6, 6.07) is 6.78. The summed E-state index contributed by atoms with van der Waals surface area (Å²) in [7, 11) is -3.35. The molecule has 6 heteroatoms. The molecule has 2 aliphatic rings. The van der Waals surface area contributed by atoms with Gasteiger partial charge in [0.15, 0.2) is 0 Å². The number of hydrogen-bond acceptors (Lipinski definition) is 3. The molecule has 0 saturated carbocycles. The van der Waals surface area contributed by atoms with E-state index in [1.165, 1.54) is 0 Å². The number of hydrogen-bond donors (Lipinski definition) is 0. The van der Waals surface area contributed by atoms with Crippen molar-refractivity contribution < 1.29 is 13.2 Å². The van der Waals surface area contributed by atoms with Gasteiger partial charge in [-0.3, -0.25) is 0 Å². The van der Waals surface area contributed by atoms with Crippen molar-refractivity contribution in [1.82, 2.24) is 4.31 Å². The molecule has 0 amide bonds. The van der Waals surface area contributed by atoms with Gasteiger partial charge in [-0.05, 0) is 30.7 Å². The fourth-order valence-electron chi connectivity index (χ4n) is 2.40. The highest BCUT2D eigenvalue weighted by atomic mass is 79.9. The number of nitrogens with zero attached hydrogens (tertiary/aromatic N) is 1. The largest absolute Gasteiger partial charge is 0.375 e. The van der Waals surface area contributed by atoms with Gasteiger partial charge in [-0.1, -0.05) is 15.9 Å². The maximum atomic E-state index is 12.4. The zero-order valence-electron chi connectivity index (χ0n) is 9.04. The molecule has 17 heavy (non-hydrogen) atoms. The second kappa shape index (κ2) is 4.05. The van der Waals surface area contributed by atoms with Crippen LogP contribution in [0.15, 0.2) is 33.6 Å². The highest BCUT2D eigenvalue weighted by molar-refractivity contribution is 9.10. The van der Waals surface area contributed by atoms with Gasteiger partial charge in [0.1, 0.15) is 0 Å². The van der Waals surface area contributed by atoms with Crippen LogP contribution in [0.1, 0.15) is 6.42 Å². The molecule has 0 N–H and O–H groups in total. The molecule has 0 aliphatic carbocycles. The summed E-state index contributed by atoms with van der Waals surface area (Å²) < 4.78 is 32.7. The first-order valence-electron chi connectivity index (χ1n) is 5.46. The molecule has 2 bridgehead atoms. The summed E-state index contributed by atoms with van der Waals surface area (Å²) in [6.45, 7) is 1.02. The monoisotopic (exact) mass is 317 g/mol. The lowest BCUT2D eigenvalue weighted by molar-refractivity contribution is 0.0608. The van der Waals surface area contributed by atoms with Crippen LogP contribution in [0.2, 0.25) is 0 Å². The van der Waals surface area contributed by atoms with E-state index >= 15 is 0 Å². The number of ether oxygens (including phenoxy) is 1. The Kier molecular flexibility index (Phi) is 2.77. The molecule has 92 valence electrons. The van der Waals surface area contributed by atoms with E-state index in [2.05, 4.69) is 15.9 Å². The highest BCUT2D eigenvalue weighted by Gasteiger charge is 2.45. The van der Waals surface area contributed by atoms with E-state index in [1.807, 2.05) is 0 Å². The van der Waals surface area contributed by atoms with Crippen LogP contribution in [0.4, 0.5) is 0 Å². The SMILES string of the molecule is O=S(=O)(c1ccc(Br)cc1)N1CC2CC1CO2. The predicted molar refractivity (Wildman–Crippen MR) is 66.2 cm³/mol. The minimum absolute atomic E-state index is 0.0219. The maximum absolute atomic E-state index is 12.4. The fourth-order valence-corrected chi connectivity index (χ4v) is 4.32. The smallest absolute Gasteiger partial charge is 0.243 e. The van der Waals surface area contributed by atoms with E-state index in [-0.39, 0.29) is 12.1 Å². The third kappa shape index (κ3) is 1.93. The number of halogens is 1. The van der Waals surface area contributed by atoms with E-state index in [9.17, 15) is 8.42 Å². The molecule has 2 fully saturated rings. The third-order valence-corrected chi connectivity index (χ3v) is 5.73. The maximum Gasteiger partial charge on any atom is 0.243 e. The van der Waals surface area contributed by atoms with Crippen molar-refractivity contribution >= 4 is 26.0 Å². The Morgan fingerprint density at radius 2 is 2.00 bits per heavy atom. The standard InChI is InChI=1S/C11H12BrNO3S/c12-8-1-3-11(4-2-8)17(14,15)13-6-10-5-9(13)7-16-10/h1-4,9-10H,5-7H2. The van der Waals surface area contributed by atoms with Crippen molar-refractivity contribution in [1.29, 1.82) is 0 Å². The second-order valence-corrected chi connectivity index (χ2v) is 7.18. The van der Waals surface area contributed by atoms with Crippen LogP contribution in [0.3, 0.4) is 0 Å². The van der Waals surface area contributed by atoms with Gasteiger partial charge in [-0.15, -0.1) is 0 Å². The lowest BCUT2D eigenvalue weighted by atomic mass is 10.3. The summed E-state index contributed by atoms with van der Waals surface area (Å²) in [4.78, 5) is 0.355. The third-order valence-electron chi connectivity index (χ3n) is 3.27. The second-order valence-electron chi connectivity index (χ2n) is 4.37. The van der Waals surface area contributed by atoms with Gasteiger partial charge in [-0.2, -0.15) is 4.31 Å². The molecule has 2 aliphatic heterocycles. The molecule has 3 rings (SSSR count). The normalized spacial score (nSPS) is 28.8. The highest BCUT2D eigenvalue weighted by Crippen LogP contribution is 2.32. The Balaban J connectivity index is 1.93. The van der Waals surface area contributed by atoms with Crippen LogP contribution >= 0.6 is 15.9 Å². The molecule has 0 aromatic heterocycles. The number of fused-ring (bicyclic) bond motifs is 2. The van der Waals surface area contributed by atoms with Crippen LogP contribution in [-0.4, -0.2) is 38.0 Å². The van der Waals surface area contributed by atoms with Gasteiger partial charge < -0.3 is 4.74 Å². The zero-order chi connectivity index (χ0) is 12.0. The first-order chi connectivity index (χ1) is 8.07. The van der Waals surface area contributed by atoms with Gasteiger partial charge in [0, 0.05) is 11.0 Å². The van der Waals surface area contributed by atoms with Gasteiger partial charge in [-0.25, -0.2) is 8.42 Å². The first kappa shape index (κ1) is 11.6. The van der Waals surface area contributed by atoms with Crippen LogP contribution in [0, 0.1) is 0 Å².